The first-order valence-electron chi connectivity index (χ1n) is 6.44. The molecule has 0 saturated heterocycles. The standard InChI is InChI=1S/C16H22O/c1-11-5-6-14(9-12(11)2)15-7-8-16(17-4)13(3)10-15/h7-8,10,12,14H,1,5-6,9H2,2-4H3. The van der Waals surface area contributed by atoms with Crippen molar-refractivity contribution in [2.75, 3.05) is 7.11 Å². The van der Waals surface area contributed by atoms with Gasteiger partial charge < -0.3 is 4.74 Å². The summed E-state index contributed by atoms with van der Waals surface area (Å²) >= 11 is 0. The lowest BCUT2D eigenvalue weighted by molar-refractivity contribution is 0.408. The van der Waals surface area contributed by atoms with Crippen LogP contribution in [0.4, 0.5) is 0 Å². The van der Waals surface area contributed by atoms with Crippen molar-refractivity contribution >= 4 is 0 Å². The predicted octanol–water partition coefficient (Wildman–Crippen LogP) is 4.46. The van der Waals surface area contributed by atoms with E-state index in [1.807, 2.05) is 0 Å². The number of aryl methyl sites for hydroxylation is 1. The van der Waals surface area contributed by atoms with Crippen molar-refractivity contribution in [2.24, 2.45) is 5.92 Å². The van der Waals surface area contributed by atoms with Crippen molar-refractivity contribution in [3.05, 3.63) is 41.5 Å². The van der Waals surface area contributed by atoms with Gasteiger partial charge in [0.2, 0.25) is 0 Å². The fourth-order valence-electron chi connectivity index (χ4n) is 2.78. The summed E-state index contributed by atoms with van der Waals surface area (Å²) in [4.78, 5) is 0. The first-order valence-corrected chi connectivity index (χ1v) is 6.44. The number of benzene rings is 1. The minimum absolute atomic E-state index is 0.663. The van der Waals surface area contributed by atoms with E-state index in [0.717, 1.165) is 5.75 Å². The number of hydrogen-bond acceptors (Lipinski definition) is 1. The van der Waals surface area contributed by atoms with Gasteiger partial charge in [-0.25, -0.2) is 0 Å². The molecule has 0 radical (unpaired) electrons. The molecule has 0 bridgehead atoms. The quantitative estimate of drug-likeness (QED) is 0.681. The van der Waals surface area contributed by atoms with Crippen LogP contribution in [0, 0.1) is 12.8 Å². The Hall–Kier alpha value is -1.24. The molecule has 0 N–H and O–H groups in total. The molecule has 1 fully saturated rings. The van der Waals surface area contributed by atoms with E-state index in [1.54, 1.807) is 7.11 Å². The van der Waals surface area contributed by atoms with Gasteiger partial charge in [0.05, 0.1) is 7.11 Å². The van der Waals surface area contributed by atoms with Gasteiger partial charge in [-0.1, -0.05) is 31.2 Å². The molecule has 0 heterocycles. The number of ether oxygens (including phenoxy) is 1. The van der Waals surface area contributed by atoms with E-state index in [0.29, 0.717) is 11.8 Å². The maximum absolute atomic E-state index is 5.31. The molecule has 1 nitrogen and oxygen atoms in total. The first kappa shape index (κ1) is 12.2. The summed E-state index contributed by atoms with van der Waals surface area (Å²) in [7, 11) is 1.73. The maximum atomic E-state index is 5.31. The predicted molar refractivity (Wildman–Crippen MR) is 72.6 cm³/mol. The average molecular weight is 230 g/mol. The lowest BCUT2D eigenvalue weighted by Crippen LogP contribution is -2.14. The largest absolute Gasteiger partial charge is 0.496 e. The van der Waals surface area contributed by atoms with Gasteiger partial charge in [-0.3, -0.25) is 0 Å². The summed E-state index contributed by atoms with van der Waals surface area (Å²) in [5.41, 5.74) is 4.12. The fraction of sp³-hybridized carbons (Fsp3) is 0.500. The number of rotatable bonds is 2. The molecule has 1 saturated carbocycles. The van der Waals surface area contributed by atoms with Crippen molar-refractivity contribution in [1.82, 2.24) is 0 Å². The molecule has 1 aliphatic rings. The fourth-order valence-corrected chi connectivity index (χ4v) is 2.78. The Kier molecular flexibility index (Phi) is 3.56. The van der Waals surface area contributed by atoms with Crippen LogP contribution in [0.5, 0.6) is 5.75 Å². The van der Waals surface area contributed by atoms with Crippen molar-refractivity contribution in [1.29, 1.82) is 0 Å². The highest BCUT2D eigenvalue weighted by Gasteiger charge is 2.23. The van der Waals surface area contributed by atoms with E-state index in [-0.39, 0.29) is 0 Å². The Bertz CT molecular complexity index is 420. The van der Waals surface area contributed by atoms with E-state index < -0.39 is 0 Å². The maximum Gasteiger partial charge on any atom is 0.121 e. The highest BCUT2D eigenvalue weighted by Crippen LogP contribution is 2.39. The van der Waals surface area contributed by atoms with Crippen LogP contribution in [-0.2, 0) is 0 Å². The molecule has 0 aromatic heterocycles. The van der Waals surface area contributed by atoms with Gasteiger partial charge in [0.25, 0.3) is 0 Å². The Morgan fingerprint density at radius 3 is 2.71 bits per heavy atom. The first-order chi connectivity index (χ1) is 8.11. The van der Waals surface area contributed by atoms with Crippen LogP contribution in [-0.4, -0.2) is 7.11 Å². The molecule has 1 heteroatoms. The van der Waals surface area contributed by atoms with Gasteiger partial charge in [0.1, 0.15) is 5.75 Å². The Labute approximate surface area is 104 Å². The second-order valence-electron chi connectivity index (χ2n) is 5.26. The number of allylic oxidation sites excluding steroid dienone is 1. The molecule has 0 aliphatic heterocycles. The minimum Gasteiger partial charge on any atom is -0.496 e. The van der Waals surface area contributed by atoms with Crippen molar-refractivity contribution in [3.63, 3.8) is 0 Å². The third-order valence-electron chi connectivity index (χ3n) is 4.04. The van der Waals surface area contributed by atoms with Crippen LogP contribution < -0.4 is 4.74 Å². The van der Waals surface area contributed by atoms with Gasteiger partial charge in [-0.05, 0) is 55.2 Å². The van der Waals surface area contributed by atoms with Crippen molar-refractivity contribution in [3.8, 4) is 5.75 Å². The third kappa shape index (κ3) is 2.54. The summed E-state index contributed by atoms with van der Waals surface area (Å²) in [5.74, 6) is 2.35. The second-order valence-corrected chi connectivity index (χ2v) is 5.26. The normalized spacial score (nSPS) is 24.8. The van der Waals surface area contributed by atoms with Crippen LogP contribution in [0.15, 0.2) is 30.4 Å². The van der Waals surface area contributed by atoms with Crippen LogP contribution in [0.2, 0.25) is 0 Å². The molecule has 17 heavy (non-hydrogen) atoms. The van der Waals surface area contributed by atoms with Crippen LogP contribution >= 0.6 is 0 Å². The van der Waals surface area contributed by atoms with Gasteiger partial charge in [0.15, 0.2) is 0 Å². The summed E-state index contributed by atoms with van der Waals surface area (Å²) in [6, 6.07) is 6.60. The zero-order valence-corrected chi connectivity index (χ0v) is 11.1. The Balaban J connectivity index is 2.18. The highest BCUT2D eigenvalue weighted by molar-refractivity contribution is 5.38. The SMILES string of the molecule is C=C1CCC(c2ccc(OC)c(C)c2)CC1C. The highest BCUT2D eigenvalue weighted by atomic mass is 16.5. The summed E-state index contributed by atoms with van der Waals surface area (Å²) in [6.45, 7) is 8.56. The van der Waals surface area contributed by atoms with Crippen LogP contribution in [0.25, 0.3) is 0 Å². The van der Waals surface area contributed by atoms with E-state index in [9.17, 15) is 0 Å². The van der Waals surface area contributed by atoms with Crippen molar-refractivity contribution in [2.45, 2.75) is 39.0 Å². The summed E-state index contributed by atoms with van der Waals surface area (Å²) < 4.78 is 5.31. The molecule has 1 aromatic carbocycles. The molecular formula is C16H22O. The molecule has 92 valence electrons. The lowest BCUT2D eigenvalue weighted by Gasteiger charge is -2.29. The van der Waals surface area contributed by atoms with Gasteiger partial charge in [0, 0.05) is 0 Å². The molecule has 0 amide bonds. The monoisotopic (exact) mass is 230 g/mol. The zero-order valence-electron chi connectivity index (χ0n) is 11.1. The smallest absolute Gasteiger partial charge is 0.121 e. The Morgan fingerprint density at radius 1 is 1.35 bits per heavy atom. The van der Waals surface area contributed by atoms with Crippen molar-refractivity contribution < 1.29 is 4.74 Å². The van der Waals surface area contributed by atoms with Crippen LogP contribution in [0.3, 0.4) is 0 Å². The molecule has 1 aromatic rings. The number of methoxy groups -OCH3 is 1. The van der Waals surface area contributed by atoms with E-state index in [1.165, 1.54) is 36.0 Å². The summed E-state index contributed by atoms with van der Waals surface area (Å²) in [5, 5.41) is 0. The molecular weight excluding hydrogens is 208 g/mol. The topological polar surface area (TPSA) is 9.23 Å². The third-order valence-corrected chi connectivity index (χ3v) is 4.04. The number of hydrogen-bond donors (Lipinski definition) is 0. The average Bonchev–Trinajstić information content (AvgIpc) is 2.32. The second kappa shape index (κ2) is 4.95. The summed E-state index contributed by atoms with van der Waals surface area (Å²) in [6.07, 6.45) is 3.66. The minimum atomic E-state index is 0.663. The van der Waals surface area contributed by atoms with E-state index >= 15 is 0 Å². The Morgan fingerprint density at radius 2 is 2.12 bits per heavy atom. The molecule has 0 spiro atoms. The van der Waals surface area contributed by atoms with Gasteiger partial charge >= 0.3 is 0 Å². The molecule has 1 aliphatic carbocycles. The van der Waals surface area contributed by atoms with E-state index in [4.69, 9.17) is 4.74 Å². The molecule has 2 unspecified atom stereocenters. The van der Waals surface area contributed by atoms with Gasteiger partial charge in [-0.15, -0.1) is 0 Å². The van der Waals surface area contributed by atoms with Gasteiger partial charge in [-0.2, -0.15) is 0 Å². The van der Waals surface area contributed by atoms with E-state index in [2.05, 4.69) is 38.6 Å². The lowest BCUT2D eigenvalue weighted by atomic mass is 9.76. The van der Waals surface area contributed by atoms with Crippen LogP contribution in [0.1, 0.15) is 43.2 Å². The molecule has 2 atom stereocenters. The zero-order chi connectivity index (χ0) is 12.4. The molecule has 2 rings (SSSR count).